The van der Waals surface area contributed by atoms with Gasteiger partial charge in [0.05, 0.1) is 12.5 Å². The van der Waals surface area contributed by atoms with Gasteiger partial charge >= 0.3 is 5.97 Å². The number of carbonyl (C=O) groups is 2. The Kier molecular flexibility index (Phi) is 7.64. The number of carboxylic acid groups (broad SMARTS) is 1. The zero-order valence-corrected chi connectivity index (χ0v) is 15.7. The quantitative estimate of drug-likeness (QED) is 0.787. The standard InChI is InChI=1S/C20H22N2O4.ClH/c23-19(14-22-12-10-15(11-13-22)20(24)25)21-16-6-8-18(9-7-16)26-17-4-2-1-3-5-17;/h1-9,15H,10-14H2,(H,21,23)(H,24,25);1H. The van der Waals surface area contributed by atoms with Gasteiger partial charge in [0, 0.05) is 5.69 Å². The molecule has 0 aliphatic carbocycles. The zero-order chi connectivity index (χ0) is 18.4. The van der Waals surface area contributed by atoms with Crippen LogP contribution in [0.3, 0.4) is 0 Å². The van der Waals surface area contributed by atoms with Gasteiger partial charge in [-0.25, -0.2) is 0 Å². The number of aliphatic carboxylic acids is 1. The van der Waals surface area contributed by atoms with E-state index in [1.54, 1.807) is 24.3 Å². The maximum atomic E-state index is 12.2. The Hall–Kier alpha value is -2.57. The van der Waals surface area contributed by atoms with Crippen molar-refractivity contribution in [3.05, 3.63) is 54.6 Å². The van der Waals surface area contributed by atoms with Crippen LogP contribution >= 0.6 is 12.4 Å². The van der Waals surface area contributed by atoms with Crippen molar-refractivity contribution in [1.29, 1.82) is 0 Å². The molecule has 1 aliphatic rings. The van der Waals surface area contributed by atoms with Crippen LogP contribution in [0.1, 0.15) is 12.8 Å². The van der Waals surface area contributed by atoms with E-state index >= 15 is 0 Å². The van der Waals surface area contributed by atoms with Crippen molar-refractivity contribution in [1.82, 2.24) is 4.90 Å². The third-order valence-electron chi connectivity index (χ3n) is 4.42. The van der Waals surface area contributed by atoms with Crippen LogP contribution in [0, 0.1) is 5.92 Å². The van der Waals surface area contributed by atoms with Crippen molar-refractivity contribution in [3.8, 4) is 11.5 Å². The highest BCUT2D eigenvalue weighted by atomic mass is 35.5. The van der Waals surface area contributed by atoms with E-state index in [-0.39, 0.29) is 30.8 Å². The Morgan fingerprint density at radius 3 is 2.19 bits per heavy atom. The Balaban J connectivity index is 0.00000261. The maximum Gasteiger partial charge on any atom is 0.306 e. The number of rotatable bonds is 6. The molecule has 6 nitrogen and oxygen atoms in total. The lowest BCUT2D eigenvalue weighted by molar-refractivity contribution is -0.143. The van der Waals surface area contributed by atoms with E-state index in [1.807, 2.05) is 35.2 Å². The van der Waals surface area contributed by atoms with E-state index in [9.17, 15) is 9.59 Å². The Bertz CT molecular complexity index is 744. The maximum absolute atomic E-state index is 12.2. The Morgan fingerprint density at radius 1 is 1.00 bits per heavy atom. The first-order chi connectivity index (χ1) is 12.6. The molecule has 1 aliphatic heterocycles. The van der Waals surface area contributed by atoms with Crippen molar-refractivity contribution in [2.45, 2.75) is 12.8 Å². The number of halogens is 1. The van der Waals surface area contributed by atoms with Crippen LogP contribution in [0.15, 0.2) is 54.6 Å². The minimum absolute atomic E-state index is 0. The molecule has 1 amide bonds. The van der Waals surface area contributed by atoms with E-state index in [4.69, 9.17) is 9.84 Å². The smallest absolute Gasteiger partial charge is 0.306 e. The van der Waals surface area contributed by atoms with Crippen LogP contribution < -0.4 is 10.1 Å². The second kappa shape index (κ2) is 9.94. The Labute approximate surface area is 164 Å². The molecule has 0 spiro atoms. The van der Waals surface area contributed by atoms with Crippen molar-refractivity contribution >= 4 is 30.0 Å². The first-order valence-electron chi connectivity index (χ1n) is 8.68. The third kappa shape index (κ3) is 6.27. The molecule has 2 aromatic rings. The largest absolute Gasteiger partial charge is 0.481 e. The molecule has 0 unspecified atom stereocenters. The number of hydrogen-bond donors (Lipinski definition) is 2. The molecular formula is C20H23ClN2O4. The number of benzene rings is 2. The second-order valence-electron chi connectivity index (χ2n) is 6.38. The summed E-state index contributed by atoms with van der Waals surface area (Å²) in [6.45, 7) is 1.54. The van der Waals surface area contributed by atoms with Gasteiger partial charge in [-0.1, -0.05) is 18.2 Å². The van der Waals surface area contributed by atoms with Gasteiger partial charge in [0.15, 0.2) is 0 Å². The second-order valence-corrected chi connectivity index (χ2v) is 6.38. The molecule has 1 heterocycles. The van der Waals surface area contributed by atoms with Gasteiger partial charge in [0.25, 0.3) is 0 Å². The summed E-state index contributed by atoms with van der Waals surface area (Å²) in [5.41, 5.74) is 0.704. The topological polar surface area (TPSA) is 78.9 Å². The number of para-hydroxylation sites is 1. The molecule has 27 heavy (non-hydrogen) atoms. The van der Waals surface area contributed by atoms with E-state index in [2.05, 4.69) is 5.32 Å². The molecule has 144 valence electrons. The van der Waals surface area contributed by atoms with Gasteiger partial charge in [0.2, 0.25) is 5.91 Å². The van der Waals surface area contributed by atoms with Crippen LogP contribution in [0.4, 0.5) is 5.69 Å². The van der Waals surface area contributed by atoms with Crippen LogP contribution in [0.25, 0.3) is 0 Å². The number of anilines is 1. The first-order valence-corrected chi connectivity index (χ1v) is 8.68. The van der Waals surface area contributed by atoms with Crippen LogP contribution in [0.2, 0.25) is 0 Å². The molecular weight excluding hydrogens is 368 g/mol. The van der Waals surface area contributed by atoms with Gasteiger partial charge < -0.3 is 15.2 Å². The number of carboxylic acids is 1. The van der Waals surface area contributed by atoms with Gasteiger partial charge in [0.1, 0.15) is 11.5 Å². The number of carbonyl (C=O) groups excluding carboxylic acids is 1. The Morgan fingerprint density at radius 2 is 1.59 bits per heavy atom. The molecule has 2 aromatic carbocycles. The van der Waals surface area contributed by atoms with Crippen molar-refractivity contribution in [3.63, 3.8) is 0 Å². The van der Waals surface area contributed by atoms with E-state index in [0.717, 1.165) is 5.75 Å². The van der Waals surface area contributed by atoms with E-state index in [0.29, 0.717) is 37.4 Å². The summed E-state index contributed by atoms with van der Waals surface area (Å²) < 4.78 is 5.72. The van der Waals surface area contributed by atoms with Crippen molar-refractivity contribution in [2.75, 3.05) is 25.0 Å². The lowest BCUT2D eigenvalue weighted by Crippen LogP contribution is -2.40. The first kappa shape index (κ1) is 20.7. The van der Waals surface area contributed by atoms with Gasteiger partial charge in [-0.05, 0) is 62.3 Å². The van der Waals surface area contributed by atoms with Gasteiger partial charge in [-0.2, -0.15) is 0 Å². The third-order valence-corrected chi connectivity index (χ3v) is 4.42. The fraction of sp³-hybridized carbons (Fsp3) is 0.300. The highest BCUT2D eigenvalue weighted by Crippen LogP contribution is 2.23. The van der Waals surface area contributed by atoms with Crippen molar-refractivity contribution < 1.29 is 19.4 Å². The number of ether oxygens (including phenoxy) is 1. The van der Waals surface area contributed by atoms with E-state index in [1.165, 1.54) is 0 Å². The molecule has 0 atom stereocenters. The summed E-state index contributed by atoms with van der Waals surface area (Å²) in [5, 5.41) is 11.9. The fourth-order valence-electron chi connectivity index (χ4n) is 2.97. The van der Waals surface area contributed by atoms with E-state index < -0.39 is 5.97 Å². The van der Waals surface area contributed by atoms with Gasteiger partial charge in [-0.15, -0.1) is 12.4 Å². The summed E-state index contributed by atoms with van der Waals surface area (Å²) in [7, 11) is 0. The average Bonchev–Trinajstić information content (AvgIpc) is 2.64. The highest BCUT2D eigenvalue weighted by Gasteiger charge is 2.25. The number of piperidine rings is 1. The number of hydrogen-bond acceptors (Lipinski definition) is 4. The molecule has 0 aromatic heterocycles. The molecule has 2 N–H and O–H groups in total. The molecule has 7 heteroatoms. The molecule has 1 fully saturated rings. The predicted molar refractivity (Wildman–Crippen MR) is 106 cm³/mol. The van der Waals surface area contributed by atoms with Crippen LogP contribution in [0.5, 0.6) is 11.5 Å². The SMILES string of the molecule is Cl.O=C(CN1CCC(C(=O)O)CC1)Nc1ccc(Oc2ccccc2)cc1. The number of likely N-dealkylation sites (tertiary alicyclic amines) is 1. The van der Waals surface area contributed by atoms with Crippen molar-refractivity contribution in [2.24, 2.45) is 5.92 Å². The number of amides is 1. The predicted octanol–water partition coefficient (Wildman–Crippen LogP) is 3.64. The molecule has 0 radical (unpaired) electrons. The monoisotopic (exact) mass is 390 g/mol. The zero-order valence-electron chi connectivity index (χ0n) is 14.8. The molecule has 3 rings (SSSR count). The minimum atomic E-state index is -0.744. The number of nitrogens with zero attached hydrogens (tertiary/aromatic N) is 1. The summed E-state index contributed by atoms with van der Waals surface area (Å²) in [6.07, 6.45) is 1.18. The normalized spacial score (nSPS) is 14.8. The van der Waals surface area contributed by atoms with Crippen LogP contribution in [-0.4, -0.2) is 41.5 Å². The average molecular weight is 391 g/mol. The summed E-state index contributed by atoms with van der Waals surface area (Å²) in [5.74, 6) is 0.327. The lowest BCUT2D eigenvalue weighted by atomic mass is 9.97. The summed E-state index contributed by atoms with van der Waals surface area (Å²) in [6, 6.07) is 16.7. The fourth-order valence-corrected chi connectivity index (χ4v) is 2.97. The molecule has 0 bridgehead atoms. The van der Waals surface area contributed by atoms with Crippen LogP contribution in [-0.2, 0) is 9.59 Å². The summed E-state index contributed by atoms with van der Waals surface area (Å²) >= 11 is 0. The molecule has 1 saturated heterocycles. The lowest BCUT2D eigenvalue weighted by Gasteiger charge is -2.29. The molecule has 0 saturated carbocycles. The number of nitrogens with one attached hydrogen (secondary N) is 1. The minimum Gasteiger partial charge on any atom is -0.481 e. The highest BCUT2D eigenvalue weighted by molar-refractivity contribution is 5.92. The van der Waals surface area contributed by atoms with Gasteiger partial charge in [-0.3, -0.25) is 14.5 Å². The summed E-state index contributed by atoms with van der Waals surface area (Å²) in [4.78, 5) is 25.1.